The normalized spacial score (nSPS) is 25.6. The van der Waals surface area contributed by atoms with Crippen molar-refractivity contribution in [2.45, 2.75) is 38.0 Å². The zero-order valence-corrected chi connectivity index (χ0v) is 10.4. The number of hydrogen-bond acceptors (Lipinski definition) is 1. The van der Waals surface area contributed by atoms with Crippen molar-refractivity contribution in [1.82, 2.24) is 0 Å². The van der Waals surface area contributed by atoms with Gasteiger partial charge in [-0.1, -0.05) is 23.7 Å². The van der Waals surface area contributed by atoms with E-state index in [9.17, 15) is 0 Å². The minimum atomic E-state index is 0.715. The first-order chi connectivity index (χ1) is 7.79. The summed E-state index contributed by atoms with van der Waals surface area (Å²) in [6.45, 7) is 0.840. The van der Waals surface area contributed by atoms with Gasteiger partial charge in [0.05, 0.1) is 0 Å². The van der Waals surface area contributed by atoms with Crippen LogP contribution in [-0.2, 0) is 0 Å². The summed E-state index contributed by atoms with van der Waals surface area (Å²) in [5.41, 5.74) is 7.02. The van der Waals surface area contributed by atoms with Crippen molar-refractivity contribution in [2.24, 2.45) is 11.7 Å². The molecule has 0 amide bonds. The van der Waals surface area contributed by atoms with Crippen molar-refractivity contribution >= 4 is 11.6 Å². The first-order valence-corrected chi connectivity index (χ1v) is 6.63. The summed E-state index contributed by atoms with van der Waals surface area (Å²) in [7, 11) is 0. The summed E-state index contributed by atoms with van der Waals surface area (Å²) < 4.78 is 0. The maximum atomic E-state index is 6.03. The molecule has 1 nitrogen and oxygen atoms in total. The highest BCUT2D eigenvalue weighted by atomic mass is 35.5. The fraction of sp³-hybridized carbons (Fsp3) is 0.571. The Morgan fingerprint density at radius 1 is 1.19 bits per heavy atom. The lowest BCUT2D eigenvalue weighted by atomic mass is 9.77. The summed E-state index contributed by atoms with van der Waals surface area (Å²) >= 11 is 6.03. The van der Waals surface area contributed by atoms with Crippen LogP contribution in [0.25, 0.3) is 0 Å². The van der Waals surface area contributed by atoms with Crippen LogP contribution < -0.4 is 5.73 Å². The van der Waals surface area contributed by atoms with Gasteiger partial charge in [-0.05, 0) is 68.2 Å². The van der Waals surface area contributed by atoms with Crippen LogP contribution in [0, 0.1) is 5.92 Å². The molecule has 2 heteroatoms. The topological polar surface area (TPSA) is 26.0 Å². The molecule has 1 aliphatic carbocycles. The molecule has 1 aromatic carbocycles. The molecule has 1 saturated carbocycles. The molecule has 0 saturated heterocycles. The summed E-state index contributed by atoms with van der Waals surface area (Å²) in [6, 6.07) is 8.34. The number of rotatable bonds is 3. The molecule has 88 valence electrons. The van der Waals surface area contributed by atoms with E-state index >= 15 is 0 Å². The molecule has 0 heterocycles. The van der Waals surface area contributed by atoms with Crippen LogP contribution in [-0.4, -0.2) is 6.54 Å². The second kappa shape index (κ2) is 5.70. The first kappa shape index (κ1) is 11.9. The molecule has 0 spiro atoms. The highest BCUT2D eigenvalue weighted by Crippen LogP contribution is 2.37. The second-order valence-electron chi connectivity index (χ2n) is 4.85. The van der Waals surface area contributed by atoms with Gasteiger partial charge < -0.3 is 5.73 Å². The van der Waals surface area contributed by atoms with Gasteiger partial charge in [-0.2, -0.15) is 0 Å². The molecule has 0 radical (unpaired) electrons. The van der Waals surface area contributed by atoms with Crippen LogP contribution in [0.4, 0.5) is 0 Å². The number of benzene rings is 1. The Morgan fingerprint density at radius 3 is 2.56 bits per heavy atom. The molecule has 1 fully saturated rings. The largest absolute Gasteiger partial charge is 0.330 e. The molecule has 2 N–H and O–H groups in total. The molecular weight excluding hydrogens is 218 g/mol. The fourth-order valence-corrected chi connectivity index (χ4v) is 2.98. The van der Waals surface area contributed by atoms with E-state index in [0.717, 1.165) is 17.5 Å². The third-order valence-corrected chi connectivity index (χ3v) is 3.98. The van der Waals surface area contributed by atoms with E-state index in [-0.39, 0.29) is 0 Å². The van der Waals surface area contributed by atoms with Crippen LogP contribution in [0.1, 0.15) is 43.6 Å². The fourth-order valence-electron chi connectivity index (χ4n) is 2.78. The zero-order chi connectivity index (χ0) is 11.4. The molecule has 0 aromatic heterocycles. The summed E-state index contributed by atoms with van der Waals surface area (Å²) in [5, 5.41) is 0.863. The molecular formula is C14H20ClN. The Kier molecular flexibility index (Phi) is 4.25. The minimum Gasteiger partial charge on any atom is -0.330 e. The Labute approximate surface area is 103 Å². The molecule has 2 rings (SSSR count). The Balaban J connectivity index is 1.94. The van der Waals surface area contributed by atoms with Gasteiger partial charge in [0.25, 0.3) is 0 Å². The van der Waals surface area contributed by atoms with Crippen LogP contribution in [0.3, 0.4) is 0 Å². The van der Waals surface area contributed by atoms with Crippen molar-refractivity contribution in [3.8, 4) is 0 Å². The van der Waals surface area contributed by atoms with Gasteiger partial charge in [0.1, 0.15) is 0 Å². The Bertz CT molecular complexity index is 329. The van der Waals surface area contributed by atoms with Gasteiger partial charge in [0, 0.05) is 5.02 Å². The van der Waals surface area contributed by atoms with Crippen LogP contribution in [0.15, 0.2) is 24.3 Å². The molecule has 1 aromatic rings. The maximum absolute atomic E-state index is 6.03. The molecule has 16 heavy (non-hydrogen) atoms. The predicted octanol–water partition coefficient (Wildman–Crippen LogP) is 3.96. The van der Waals surface area contributed by atoms with Crippen molar-refractivity contribution in [2.75, 3.05) is 6.54 Å². The van der Waals surface area contributed by atoms with Crippen molar-refractivity contribution in [3.05, 3.63) is 34.9 Å². The second-order valence-corrected chi connectivity index (χ2v) is 5.29. The van der Waals surface area contributed by atoms with Gasteiger partial charge >= 0.3 is 0 Å². The highest BCUT2D eigenvalue weighted by molar-refractivity contribution is 6.30. The lowest BCUT2D eigenvalue weighted by molar-refractivity contribution is 0.313. The zero-order valence-electron chi connectivity index (χ0n) is 9.66. The van der Waals surface area contributed by atoms with Gasteiger partial charge in [-0.15, -0.1) is 0 Å². The number of hydrogen-bond donors (Lipinski definition) is 1. The highest BCUT2D eigenvalue weighted by Gasteiger charge is 2.21. The average molecular weight is 238 g/mol. The van der Waals surface area contributed by atoms with Gasteiger partial charge in [-0.25, -0.2) is 0 Å². The van der Waals surface area contributed by atoms with E-state index in [0.29, 0.717) is 5.92 Å². The van der Waals surface area contributed by atoms with Gasteiger partial charge in [0.15, 0.2) is 0 Å². The SMILES string of the molecule is NCCC1CCC(c2cccc(Cl)c2)CC1. The lowest BCUT2D eigenvalue weighted by Gasteiger charge is -2.28. The van der Waals surface area contributed by atoms with E-state index in [2.05, 4.69) is 18.2 Å². The van der Waals surface area contributed by atoms with E-state index in [1.165, 1.54) is 37.7 Å². The van der Waals surface area contributed by atoms with Gasteiger partial charge in [0.2, 0.25) is 0 Å². The van der Waals surface area contributed by atoms with E-state index < -0.39 is 0 Å². The summed E-state index contributed by atoms with van der Waals surface area (Å²) in [4.78, 5) is 0. The van der Waals surface area contributed by atoms with E-state index in [4.69, 9.17) is 17.3 Å². The summed E-state index contributed by atoms with van der Waals surface area (Å²) in [5.74, 6) is 1.58. The van der Waals surface area contributed by atoms with Crippen molar-refractivity contribution < 1.29 is 0 Å². The average Bonchev–Trinajstić information content (AvgIpc) is 2.30. The van der Waals surface area contributed by atoms with E-state index in [1.54, 1.807) is 0 Å². The predicted molar refractivity (Wildman–Crippen MR) is 69.8 cm³/mol. The van der Waals surface area contributed by atoms with Gasteiger partial charge in [-0.3, -0.25) is 0 Å². The Morgan fingerprint density at radius 2 is 1.94 bits per heavy atom. The number of nitrogens with two attached hydrogens (primary N) is 1. The smallest absolute Gasteiger partial charge is 0.0408 e. The Hall–Kier alpha value is -0.530. The van der Waals surface area contributed by atoms with Crippen LogP contribution in [0.2, 0.25) is 5.02 Å². The van der Waals surface area contributed by atoms with Crippen LogP contribution >= 0.6 is 11.6 Å². The molecule has 0 bridgehead atoms. The van der Waals surface area contributed by atoms with E-state index in [1.807, 2.05) is 6.07 Å². The van der Waals surface area contributed by atoms with Crippen molar-refractivity contribution in [3.63, 3.8) is 0 Å². The standard InChI is InChI=1S/C14H20ClN/c15-14-3-1-2-13(10-14)12-6-4-11(5-7-12)8-9-16/h1-3,10-12H,4-9,16H2. The van der Waals surface area contributed by atoms with Crippen LogP contribution in [0.5, 0.6) is 0 Å². The summed E-state index contributed by atoms with van der Waals surface area (Å²) in [6.07, 6.45) is 6.45. The monoisotopic (exact) mass is 237 g/mol. The third-order valence-electron chi connectivity index (χ3n) is 3.74. The van der Waals surface area contributed by atoms with Crippen molar-refractivity contribution in [1.29, 1.82) is 0 Å². The lowest BCUT2D eigenvalue weighted by Crippen LogP contribution is -2.16. The number of halogens is 1. The molecule has 0 aliphatic heterocycles. The minimum absolute atomic E-state index is 0.715. The molecule has 0 unspecified atom stereocenters. The third kappa shape index (κ3) is 2.99. The molecule has 0 atom stereocenters. The quantitative estimate of drug-likeness (QED) is 0.846. The first-order valence-electron chi connectivity index (χ1n) is 6.25. The molecule has 1 aliphatic rings. The maximum Gasteiger partial charge on any atom is 0.0408 e.